The van der Waals surface area contributed by atoms with Crippen LogP contribution in [0.4, 0.5) is 5.82 Å². The second-order valence-corrected chi connectivity index (χ2v) is 9.16. The molecule has 2 aromatic rings. The first-order valence-electron chi connectivity index (χ1n) is 11.7. The Labute approximate surface area is 188 Å². The molecular formula is C25H30N4O3. The molecule has 0 N–H and O–H groups in total. The number of nitrogens with zero attached hydrogens (tertiary/aromatic N) is 4. The van der Waals surface area contributed by atoms with Gasteiger partial charge in [-0.25, -0.2) is 9.97 Å². The molecule has 168 valence electrons. The van der Waals surface area contributed by atoms with Crippen LogP contribution in [0, 0.1) is 12.8 Å². The van der Waals surface area contributed by atoms with E-state index in [2.05, 4.69) is 0 Å². The van der Waals surface area contributed by atoms with Gasteiger partial charge in [0.1, 0.15) is 11.6 Å². The fraction of sp³-hybridized carbons (Fsp3) is 0.520. The van der Waals surface area contributed by atoms with E-state index in [-0.39, 0.29) is 17.7 Å². The summed E-state index contributed by atoms with van der Waals surface area (Å²) in [4.78, 5) is 39.0. The number of hydrogen-bond donors (Lipinski definition) is 0. The minimum absolute atomic E-state index is 0.0406. The molecule has 1 aromatic carbocycles. The average Bonchev–Trinajstić information content (AvgIpc) is 3.38. The van der Waals surface area contributed by atoms with Gasteiger partial charge in [-0.1, -0.05) is 12.1 Å². The number of benzene rings is 1. The SMILES string of the molecule is CCOCc1ccc(C(=O)N2CC[C@@H](c3nc(C)c4c(n3)N(CC3CC3)C(=O)C4)C2)cc1. The van der Waals surface area contributed by atoms with Crippen molar-refractivity contribution in [2.45, 2.75) is 52.1 Å². The number of anilines is 1. The van der Waals surface area contributed by atoms with E-state index in [9.17, 15) is 9.59 Å². The van der Waals surface area contributed by atoms with Gasteiger partial charge >= 0.3 is 0 Å². The summed E-state index contributed by atoms with van der Waals surface area (Å²) < 4.78 is 5.43. The summed E-state index contributed by atoms with van der Waals surface area (Å²) in [6.45, 7) is 7.24. The zero-order valence-electron chi connectivity index (χ0n) is 18.8. The normalized spacial score (nSPS) is 20.2. The van der Waals surface area contributed by atoms with Crippen LogP contribution in [0.2, 0.25) is 0 Å². The van der Waals surface area contributed by atoms with Crippen molar-refractivity contribution in [1.82, 2.24) is 14.9 Å². The van der Waals surface area contributed by atoms with Crippen LogP contribution in [0.3, 0.4) is 0 Å². The Balaban J connectivity index is 1.29. The summed E-state index contributed by atoms with van der Waals surface area (Å²) in [5, 5.41) is 0. The first kappa shape index (κ1) is 21.1. The van der Waals surface area contributed by atoms with Gasteiger partial charge in [0.15, 0.2) is 0 Å². The van der Waals surface area contributed by atoms with Gasteiger partial charge < -0.3 is 9.64 Å². The highest BCUT2D eigenvalue weighted by Gasteiger charge is 2.37. The number of ether oxygens (including phenoxy) is 1. The minimum atomic E-state index is 0.0406. The summed E-state index contributed by atoms with van der Waals surface area (Å²) >= 11 is 0. The van der Waals surface area contributed by atoms with Crippen LogP contribution < -0.4 is 4.90 Å². The van der Waals surface area contributed by atoms with Crippen LogP contribution >= 0.6 is 0 Å². The van der Waals surface area contributed by atoms with Crippen molar-refractivity contribution >= 4 is 17.6 Å². The quantitative estimate of drug-likeness (QED) is 0.669. The number of aryl methyl sites for hydroxylation is 1. The van der Waals surface area contributed by atoms with Crippen molar-refractivity contribution in [1.29, 1.82) is 0 Å². The lowest BCUT2D eigenvalue weighted by Gasteiger charge is -2.19. The van der Waals surface area contributed by atoms with E-state index in [4.69, 9.17) is 14.7 Å². The Hall–Kier alpha value is -2.80. The number of fused-ring (bicyclic) bond motifs is 1. The number of carbonyl (C=O) groups is 2. The van der Waals surface area contributed by atoms with Crippen LogP contribution in [0.5, 0.6) is 0 Å². The van der Waals surface area contributed by atoms with Crippen molar-refractivity contribution < 1.29 is 14.3 Å². The first-order chi connectivity index (χ1) is 15.5. The third-order valence-electron chi connectivity index (χ3n) is 6.75. The van der Waals surface area contributed by atoms with E-state index >= 15 is 0 Å². The molecule has 1 aromatic heterocycles. The molecule has 1 aliphatic carbocycles. The standard InChI is InChI=1S/C25H30N4O3/c1-3-32-15-18-6-8-19(9-7-18)25(31)28-11-10-20(14-28)23-26-16(2)21-12-22(30)29(24(21)27-23)13-17-4-5-17/h6-9,17,20H,3-5,10-15H2,1-2H3/t20-/m1/s1. The summed E-state index contributed by atoms with van der Waals surface area (Å²) in [5.74, 6) is 2.45. The maximum atomic E-state index is 13.0. The van der Waals surface area contributed by atoms with Gasteiger partial charge in [0.25, 0.3) is 5.91 Å². The first-order valence-corrected chi connectivity index (χ1v) is 11.7. The highest BCUT2D eigenvalue weighted by molar-refractivity contribution is 6.00. The Morgan fingerprint density at radius 3 is 2.66 bits per heavy atom. The molecule has 7 nitrogen and oxygen atoms in total. The largest absolute Gasteiger partial charge is 0.377 e. The molecule has 2 amide bonds. The third-order valence-corrected chi connectivity index (χ3v) is 6.75. The minimum Gasteiger partial charge on any atom is -0.377 e. The van der Waals surface area contributed by atoms with Gasteiger partial charge in [0.2, 0.25) is 5.91 Å². The maximum Gasteiger partial charge on any atom is 0.253 e. The predicted molar refractivity (Wildman–Crippen MR) is 121 cm³/mol. The predicted octanol–water partition coefficient (Wildman–Crippen LogP) is 3.25. The van der Waals surface area contributed by atoms with Gasteiger partial charge in [-0.15, -0.1) is 0 Å². The molecule has 0 bridgehead atoms. The molecule has 3 aliphatic rings. The Kier molecular flexibility index (Phi) is 5.67. The molecule has 3 heterocycles. The monoisotopic (exact) mass is 434 g/mol. The maximum absolute atomic E-state index is 13.0. The molecule has 1 atom stereocenters. The van der Waals surface area contributed by atoms with E-state index in [0.29, 0.717) is 44.2 Å². The molecular weight excluding hydrogens is 404 g/mol. The zero-order chi connectivity index (χ0) is 22.2. The number of hydrogen-bond acceptors (Lipinski definition) is 5. The van der Waals surface area contributed by atoms with Gasteiger partial charge in [-0.05, 0) is 56.7 Å². The van der Waals surface area contributed by atoms with Crippen LogP contribution in [0.15, 0.2) is 24.3 Å². The number of amides is 2. The van der Waals surface area contributed by atoms with Gasteiger partial charge in [0.05, 0.1) is 13.0 Å². The van der Waals surface area contributed by atoms with Gasteiger partial charge in [0, 0.05) is 49.0 Å². The van der Waals surface area contributed by atoms with E-state index in [1.54, 1.807) is 0 Å². The fourth-order valence-electron chi connectivity index (χ4n) is 4.63. The number of likely N-dealkylation sites (tertiary alicyclic amines) is 1. The number of carbonyl (C=O) groups excluding carboxylic acids is 2. The molecule has 2 fully saturated rings. The second-order valence-electron chi connectivity index (χ2n) is 9.16. The lowest BCUT2D eigenvalue weighted by molar-refractivity contribution is -0.117. The van der Waals surface area contributed by atoms with Crippen molar-refractivity contribution in [3.8, 4) is 0 Å². The lowest BCUT2D eigenvalue weighted by atomic mass is 10.1. The smallest absolute Gasteiger partial charge is 0.253 e. The molecule has 5 rings (SSSR count). The Morgan fingerprint density at radius 1 is 1.16 bits per heavy atom. The van der Waals surface area contributed by atoms with Crippen LogP contribution in [0.25, 0.3) is 0 Å². The second kappa shape index (κ2) is 8.62. The summed E-state index contributed by atoms with van der Waals surface area (Å²) in [5.41, 5.74) is 3.62. The van der Waals surface area contributed by atoms with E-state index in [0.717, 1.165) is 41.4 Å². The average molecular weight is 435 g/mol. The van der Waals surface area contributed by atoms with E-state index < -0.39 is 0 Å². The van der Waals surface area contributed by atoms with Crippen molar-refractivity contribution in [3.63, 3.8) is 0 Å². The highest BCUT2D eigenvalue weighted by Crippen LogP contribution is 2.37. The molecule has 1 saturated carbocycles. The summed E-state index contributed by atoms with van der Waals surface area (Å²) in [6.07, 6.45) is 3.64. The Morgan fingerprint density at radius 2 is 1.94 bits per heavy atom. The highest BCUT2D eigenvalue weighted by atomic mass is 16.5. The van der Waals surface area contributed by atoms with Crippen molar-refractivity contribution in [2.24, 2.45) is 5.92 Å². The van der Waals surface area contributed by atoms with E-state index in [1.807, 2.05) is 47.9 Å². The molecule has 2 aliphatic heterocycles. The molecule has 0 radical (unpaired) electrons. The van der Waals surface area contributed by atoms with E-state index in [1.165, 1.54) is 12.8 Å². The molecule has 1 saturated heterocycles. The van der Waals surface area contributed by atoms with Gasteiger partial charge in [-0.3, -0.25) is 14.5 Å². The van der Waals surface area contributed by atoms with Crippen molar-refractivity contribution in [2.75, 3.05) is 31.1 Å². The summed E-state index contributed by atoms with van der Waals surface area (Å²) in [7, 11) is 0. The molecule has 7 heteroatoms. The Bertz CT molecular complexity index is 1030. The topological polar surface area (TPSA) is 75.6 Å². The fourth-order valence-corrected chi connectivity index (χ4v) is 4.63. The molecule has 0 unspecified atom stereocenters. The van der Waals surface area contributed by atoms with Gasteiger partial charge in [-0.2, -0.15) is 0 Å². The zero-order valence-corrected chi connectivity index (χ0v) is 18.8. The van der Waals surface area contributed by atoms with Crippen LogP contribution in [0.1, 0.15) is 65.1 Å². The van der Waals surface area contributed by atoms with Crippen LogP contribution in [-0.4, -0.2) is 52.9 Å². The molecule has 0 spiro atoms. The lowest BCUT2D eigenvalue weighted by Crippen LogP contribution is -2.30. The molecule has 32 heavy (non-hydrogen) atoms. The summed E-state index contributed by atoms with van der Waals surface area (Å²) in [6, 6.07) is 7.66. The number of rotatable bonds is 7. The van der Waals surface area contributed by atoms with Crippen LogP contribution in [-0.2, 0) is 22.6 Å². The number of aromatic nitrogens is 2. The van der Waals surface area contributed by atoms with Crippen molar-refractivity contribution in [3.05, 3.63) is 52.5 Å². The third kappa shape index (κ3) is 4.13.